The molecule has 0 saturated heterocycles. The second-order valence-electron chi connectivity index (χ2n) is 3.35. The van der Waals surface area contributed by atoms with E-state index in [1.54, 1.807) is 32.2 Å². The van der Waals surface area contributed by atoms with Crippen LogP contribution >= 0.6 is 0 Å². The zero-order valence-corrected chi connectivity index (χ0v) is 8.90. The Morgan fingerprint density at radius 1 is 1.53 bits per heavy atom. The van der Waals surface area contributed by atoms with Gasteiger partial charge in [-0.15, -0.1) is 0 Å². The maximum Gasteiger partial charge on any atom is 0.246 e. The molecule has 1 amide bonds. The highest BCUT2D eigenvalue weighted by Gasteiger charge is 2.17. The molecule has 2 nitrogen and oxygen atoms in total. The molecule has 0 spiro atoms. The van der Waals surface area contributed by atoms with E-state index in [0.717, 1.165) is 0 Å². The Morgan fingerprint density at radius 2 is 2.13 bits per heavy atom. The molecule has 0 heterocycles. The standard InChI is InChI=1S/C12H14FNO/c1-4-12(15)14(3)9(2)10-7-5-6-8-11(10)13/h4-9H,1H2,2-3H3. The number of amides is 1. The molecule has 3 heteroatoms. The lowest BCUT2D eigenvalue weighted by molar-refractivity contribution is -0.126. The number of nitrogens with zero attached hydrogens (tertiary/aromatic N) is 1. The van der Waals surface area contributed by atoms with Crippen LogP contribution in [0.3, 0.4) is 0 Å². The highest BCUT2D eigenvalue weighted by Crippen LogP contribution is 2.21. The third-order valence-electron chi connectivity index (χ3n) is 2.46. The van der Waals surface area contributed by atoms with Gasteiger partial charge in [-0.1, -0.05) is 24.8 Å². The monoisotopic (exact) mass is 207 g/mol. The average Bonchev–Trinajstić information content (AvgIpc) is 2.26. The van der Waals surface area contributed by atoms with Crippen LogP contribution in [0.25, 0.3) is 0 Å². The van der Waals surface area contributed by atoms with Gasteiger partial charge in [0.05, 0.1) is 6.04 Å². The molecule has 0 aromatic heterocycles. The van der Waals surface area contributed by atoms with Crippen molar-refractivity contribution in [1.29, 1.82) is 0 Å². The summed E-state index contributed by atoms with van der Waals surface area (Å²) in [6, 6.07) is 6.14. The second-order valence-corrected chi connectivity index (χ2v) is 3.35. The number of carbonyl (C=O) groups is 1. The first kappa shape index (κ1) is 11.4. The zero-order chi connectivity index (χ0) is 11.4. The van der Waals surface area contributed by atoms with Crippen LogP contribution in [0.5, 0.6) is 0 Å². The fourth-order valence-corrected chi connectivity index (χ4v) is 1.36. The largest absolute Gasteiger partial charge is 0.335 e. The van der Waals surface area contributed by atoms with E-state index in [1.165, 1.54) is 17.0 Å². The van der Waals surface area contributed by atoms with E-state index < -0.39 is 0 Å². The topological polar surface area (TPSA) is 20.3 Å². The Kier molecular flexibility index (Phi) is 3.61. The normalized spacial score (nSPS) is 11.9. The van der Waals surface area contributed by atoms with E-state index in [1.807, 2.05) is 0 Å². The molecule has 0 aliphatic heterocycles. The van der Waals surface area contributed by atoms with Crippen LogP contribution in [0.4, 0.5) is 4.39 Å². The SMILES string of the molecule is C=CC(=O)N(C)C(C)c1ccccc1F. The highest BCUT2D eigenvalue weighted by molar-refractivity contribution is 5.87. The first-order valence-corrected chi connectivity index (χ1v) is 4.71. The molecule has 1 rings (SSSR count). The Labute approximate surface area is 89.0 Å². The Hall–Kier alpha value is -1.64. The van der Waals surface area contributed by atoms with Gasteiger partial charge in [0.1, 0.15) is 5.82 Å². The Balaban J connectivity index is 2.94. The predicted octanol–water partition coefficient (Wildman–Crippen LogP) is 2.53. The van der Waals surface area contributed by atoms with Crippen LogP contribution in [-0.4, -0.2) is 17.9 Å². The quantitative estimate of drug-likeness (QED) is 0.697. The summed E-state index contributed by atoms with van der Waals surface area (Å²) in [5.41, 5.74) is 0.509. The van der Waals surface area contributed by atoms with E-state index in [9.17, 15) is 9.18 Å². The molecule has 0 aliphatic carbocycles. The molecule has 0 bridgehead atoms. The maximum atomic E-state index is 13.4. The van der Waals surface area contributed by atoms with Gasteiger partial charge in [-0.25, -0.2) is 4.39 Å². The first-order valence-electron chi connectivity index (χ1n) is 4.71. The molecule has 0 saturated carbocycles. The Bertz CT molecular complexity index is 376. The average molecular weight is 207 g/mol. The van der Waals surface area contributed by atoms with Crippen molar-refractivity contribution in [1.82, 2.24) is 4.90 Å². The van der Waals surface area contributed by atoms with Gasteiger partial charge in [-0.3, -0.25) is 4.79 Å². The fraction of sp³-hybridized carbons (Fsp3) is 0.250. The van der Waals surface area contributed by atoms with Gasteiger partial charge in [0.2, 0.25) is 5.91 Å². The smallest absolute Gasteiger partial charge is 0.246 e. The molecule has 15 heavy (non-hydrogen) atoms. The third kappa shape index (κ3) is 2.43. The molecular weight excluding hydrogens is 193 g/mol. The second kappa shape index (κ2) is 4.73. The van der Waals surface area contributed by atoms with Crippen LogP contribution in [0.2, 0.25) is 0 Å². The van der Waals surface area contributed by atoms with Crippen LogP contribution in [0, 0.1) is 5.82 Å². The van der Waals surface area contributed by atoms with E-state index in [-0.39, 0.29) is 17.8 Å². The number of hydrogen-bond acceptors (Lipinski definition) is 1. The van der Waals surface area contributed by atoms with Gasteiger partial charge in [0.25, 0.3) is 0 Å². The van der Waals surface area contributed by atoms with Crippen molar-refractivity contribution in [2.24, 2.45) is 0 Å². The summed E-state index contributed by atoms with van der Waals surface area (Å²) in [5, 5.41) is 0. The molecule has 80 valence electrons. The lowest BCUT2D eigenvalue weighted by atomic mass is 10.1. The predicted molar refractivity (Wildman–Crippen MR) is 57.8 cm³/mol. The molecule has 0 aliphatic rings. The van der Waals surface area contributed by atoms with Crippen molar-refractivity contribution in [2.75, 3.05) is 7.05 Å². The number of benzene rings is 1. The van der Waals surface area contributed by atoms with Crippen molar-refractivity contribution in [3.8, 4) is 0 Å². The van der Waals surface area contributed by atoms with E-state index >= 15 is 0 Å². The van der Waals surface area contributed by atoms with E-state index in [2.05, 4.69) is 6.58 Å². The molecule has 0 fully saturated rings. The van der Waals surface area contributed by atoms with Gasteiger partial charge < -0.3 is 4.90 Å². The van der Waals surface area contributed by atoms with E-state index in [0.29, 0.717) is 5.56 Å². The lowest BCUT2D eigenvalue weighted by Crippen LogP contribution is -2.28. The maximum absolute atomic E-state index is 13.4. The fourth-order valence-electron chi connectivity index (χ4n) is 1.36. The van der Waals surface area contributed by atoms with Crippen molar-refractivity contribution in [3.05, 3.63) is 48.3 Å². The minimum atomic E-state index is -0.297. The molecule has 1 aromatic rings. The summed E-state index contributed by atoms with van der Waals surface area (Å²) in [5.74, 6) is -0.514. The number of rotatable bonds is 3. The number of halogens is 1. The molecule has 0 N–H and O–H groups in total. The number of likely N-dealkylation sites (N-methyl/N-ethyl adjacent to an activating group) is 1. The number of carbonyl (C=O) groups excluding carboxylic acids is 1. The van der Waals surface area contributed by atoms with Gasteiger partial charge >= 0.3 is 0 Å². The highest BCUT2D eigenvalue weighted by atomic mass is 19.1. The third-order valence-corrected chi connectivity index (χ3v) is 2.46. The summed E-state index contributed by atoms with van der Waals surface area (Å²) >= 11 is 0. The lowest BCUT2D eigenvalue weighted by Gasteiger charge is -2.24. The summed E-state index contributed by atoms with van der Waals surface area (Å²) in [6.45, 7) is 5.17. The minimum absolute atomic E-state index is 0.217. The van der Waals surface area contributed by atoms with Crippen LogP contribution < -0.4 is 0 Å². The molecule has 1 unspecified atom stereocenters. The molecule has 1 atom stereocenters. The first-order chi connectivity index (χ1) is 7.07. The van der Waals surface area contributed by atoms with Crippen molar-refractivity contribution >= 4 is 5.91 Å². The van der Waals surface area contributed by atoms with E-state index in [4.69, 9.17) is 0 Å². The summed E-state index contributed by atoms with van der Waals surface area (Å²) in [7, 11) is 1.63. The van der Waals surface area contributed by atoms with Crippen LogP contribution in [0.1, 0.15) is 18.5 Å². The van der Waals surface area contributed by atoms with Crippen LogP contribution in [-0.2, 0) is 4.79 Å². The summed E-state index contributed by atoms with van der Waals surface area (Å²) < 4.78 is 13.4. The van der Waals surface area contributed by atoms with Gasteiger partial charge in [-0.05, 0) is 19.1 Å². The van der Waals surface area contributed by atoms with Crippen molar-refractivity contribution in [3.63, 3.8) is 0 Å². The van der Waals surface area contributed by atoms with Gasteiger partial charge in [0.15, 0.2) is 0 Å². The van der Waals surface area contributed by atoms with Crippen molar-refractivity contribution < 1.29 is 9.18 Å². The summed E-state index contributed by atoms with van der Waals surface area (Å²) in [4.78, 5) is 12.8. The minimum Gasteiger partial charge on any atom is -0.335 e. The Morgan fingerprint density at radius 3 is 2.67 bits per heavy atom. The molecule has 0 radical (unpaired) electrons. The number of hydrogen-bond donors (Lipinski definition) is 0. The van der Waals surface area contributed by atoms with Gasteiger partial charge in [-0.2, -0.15) is 0 Å². The van der Waals surface area contributed by atoms with Crippen LogP contribution in [0.15, 0.2) is 36.9 Å². The van der Waals surface area contributed by atoms with Gasteiger partial charge in [0, 0.05) is 12.6 Å². The zero-order valence-electron chi connectivity index (χ0n) is 8.90. The summed E-state index contributed by atoms with van der Waals surface area (Å²) in [6.07, 6.45) is 1.22. The molecular formula is C12H14FNO. The van der Waals surface area contributed by atoms with Crippen molar-refractivity contribution in [2.45, 2.75) is 13.0 Å². The molecule has 1 aromatic carbocycles.